The zero-order valence-corrected chi connectivity index (χ0v) is 20.9. The van der Waals surface area contributed by atoms with Crippen LogP contribution in [0.3, 0.4) is 0 Å². The second kappa shape index (κ2) is 12.0. The molecule has 5 heteroatoms. The van der Waals surface area contributed by atoms with Crippen molar-refractivity contribution in [1.29, 1.82) is 0 Å². The fraction of sp³-hybridized carbons (Fsp3) is 0.462. The molecule has 2 amide bonds. The number of rotatable bonds is 10. The lowest BCUT2D eigenvalue weighted by Gasteiger charge is -2.30. The average Bonchev–Trinajstić information content (AvgIpc) is 2.75. The summed E-state index contributed by atoms with van der Waals surface area (Å²) in [5.41, 5.74) is 3.42. The van der Waals surface area contributed by atoms with Gasteiger partial charge in [-0.05, 0) is 61.4 Å². The molecule has 0 saturated heterocycles. The molecule has 2 atom stereocenters. The van der Waals surface area contributed by atoms with E-state index in [1.54, 1.807) is 4.90 Å². The SMILES string of the molecule is CC[C@@H](C)NC(=O)[C@H](C)N(Cc1cccc(Br)c1)C(=O)CCc1ccc(C(C)C)cc1. The Morgan fingerprint density at radius 3 is 2.26 bits per heavy atom. The highest BCUT2D eigenvalue weighted by Crippen LogP contribution is 2.18. The van der Waals surface area contributed by atoms with Gasteiger partial charge in [-0.1, -0.05) is 73.1 Å². The smallest absolute Gasteiger partial charge is 0.242 e. The lowest BCUT2D eigenvalue weighted by Crippen LogP contribution is -2.49. The molecule has 0 saturated carbocycles. The first kappa shape index (κ1) is 25.1. The van der Waals surface area contributed by atoms with Gasteiger partial charge in [0.25, 0.3) is 0 Å². The molecule has 0 aliphatic rings. The molecule has 1 N–H and O–H groups in total. The minimum absolute atomic E-state index is 0.0142. The molecule has 0 radical (unpaired) electrons. The molecular weight excluding hydrogens is 452 g/mol. The van der Waals surface area contributed by atoms with Gasteiger partial charge in [-0.3, -0.25) is 9.59 Å². The van der Waals surface area contributed by atoms with Crippen LogP contribution in [0.1, 0.15) is 70.1 Å². The number of amides is 2. The first-order valence-electron chi connectivity index (χ1n) is 11.1. The standard InChI is InChI=1S/C26H35BrN2O2/c1-6-19(4)28-26(31)20(5)29(17-22-8-7-9-24(27)16-22)25(30)15-12-21-10-13-23(14-11-21)18(2)3/h7-11,13-14,16,18-20H,6,12,15,17H2,1-5H3,(H,28,31)/t19-,20+/m1/s1. The molecule has 0 aliphatic heterocycles. The maximum absolute atomic E-state index is 13.2. The summed E-state index contributed by atoms with van der Waals surface area (Å²) in [6.07, 6.45) is 1.88. The molecule has 0 aromatic heterocycles. The first-order chi connectivity index (χ1) is 14.7. The van der Waals surface area contributed by atoms with Crippen LogP contribution >= 0.6 is 15.9 Å². The molecule has 2 aromatic rings. The molecule has 168 valence electrons. The van der Waals surface area contributed by atoms with Gasteiger partial charge in [0.15, 0.2) is 0 Å². The van der Waals surface area contributed by atoms with Crippen LogP contribution < -0.4 is 5.32 Å². The summed E-state index contributed by atoms with van der Waals surface area (Å²) in [4.78, 5) is 27.7. The van der Waals surface area contributed by atoms with Crippen LogP contribution in [0.25, 0.3) is 0 Å². The normalized spacial score (nSPS) is 13.0. The van der Waals surface area contributed by atoms with E-state index in [2.05, 4.69) is 59.4 Å². The summed E-state index contributed by atoms with van der Waals surface area (Å²) in [5, 5.41) is 3.01. The van der Waals surface area contributed by atoms with Crippen molar-refractivity contribution in [3.8, 4) is 0 Å². The van der Waals surface area contributed by atoms with Crippen molar-refractivity contribution in [3.63, 3.8) is 0 Å². The van der Waals surface area contributed by atoms with E-state index in [4.69, 9.17) is 0 Å². The van der Waals surface area contributed by atoms with Gasteiger partial charge >= 0.3 is 0 Å². The van der Waals surface area contributed by atoms with Gasteiger partial charge in [0, 0.05) is 23.5 Å². The summed E-state index contributed by atoms with van der Waals surface area (Å²) in [7, 11) is 0. The lowest BCUT2D eigenvalue weighted by atomic mass is 10.00. The van der Waals surface area contributed by atoms with E-state index in [-0.39, 0.29) is 17.9 Å². The van der Waals surface area contributed by atoms with Crippen molar-refractivity contribution >= 4 is 27.7 Å². The Bertz CT molecular complexity index is 864. The summed E-state index contributed by atoms with van der Waals surface area (Å²) in [6.45, 7) is 10.6. The van der Waals surface area contributed by atoms with Crippen molar-refractivity contribution in [1.82, 2.24) is 10.2 Å². The topological polar surface area (TPSA) is 49.4 Å². The van der Waals surface area contributed by atoms with Gasteiger partial charge in [-0.25, -0.2) is 0 Å². The predicted octanol–water partition coefficient (Wildman–Crippen LogP) is 5.84. The van der Waals surface area contributed by atoms with E-state index in [1.165, 1.54) is 5.56 Å². The zero-order chi connectivity index (χ0) is 23.0. The van der Waals surface area contributed by atoms with Crippen LogP contribution in [-0.4, -0.2) is 28.8 Å². The highest BCUT2D eigenvalue weighted by Gasteiger charge is 2.26. The summed E-state index contributed by atoms with van der Waals surface area (Å²) < 4.78 is 0.958. The van der Waals surface area contributed by atoms with E-state index < -0.39 is 6.04 Å². The van der Waals surface area contributed by atoms with Crippen LogP contribution in [0.5, 0.6) is 0 Å². The molecule has 0 aliphatic carbocycles. The Balaban J connectivity index is 2.13. The minimum Gasteiger partial charge on any atom is -0.352 e. The van der Waals surface area contributed by atoms with E-state index in [9.17, 15) is 9.59 Å². The van der Waals surface area contributed by atoms with Crippen LogP contribution in [0.4, 0.5) is 0 Å². The number of benzene rings is 2. The fourth-order valence-corrected chi connectivity index (χ4v) is 3.79. The Morgan fingerprint density at radius 1 is 1.00 bits per heavy atom. The molecule has 0 fully saturated rings. The van der Waals surface area contributed by atoms with E-state index >= 15 is 0 Å². The highest BCUT2D eigenvalue weighted by molar-refractivity contribution is 9.10. The maximum Gasteiger partial charge on any atom is 0.242 e. The number of halogens is 1. The van der Waals surface area contributed by atoms with Crippen LogP contribution in [-0.2, 0) is 22.6 Å². The second-order valence-electron chi connectivity index (χ2n) is 8.54. The van der Waals surface area contributed by atoms with Crippen molar-refractivity contribution in [2.24, 2.45) is 0 Å². The molecule has 2 aromatic carbocycles. The lowest BCUT2D eigenvalue weighted by molar-refractivity contribution is -0.140. The Hall–Kier alpha value is -2.14. The monoisotopic (exact) mass is 486 g/mol. The van der Waals surface area contributed by atoms with Crippen molar-refractivity contribution < 1.29 is 9.59 Å². The van der Waals surface area contributed by atoms with Gasteiger partial charge in [0.1, 0.15) is 6.04 Å². The molecular formula is C26H35BrN2O2. The average molecular weight is 487 g/mol. The van der Waals surface area contributed by atoms with E-state index in [0.717, 1.165) is 22.0 Å². The van der Waals surface area contributed by atoms with Crippen LogP contribution in [0.15, 0.2) is 53.0 Å². The number of hydrogen-bond donors (Lipinski definition) is 1. The number of nitrogens with zero attached hydrogens (tertiary/aromatic N) is 1. The number of aryl methyl sites for hydroxylation is 1. The van der Waals surface area contributed by atoms with Crippen LogP contribution in [0.2, 0.25) is 0 Å². The van der Waals surface area contributed by atoms with Gasteiger partial charge < -0.3 is 10.2 Å². The number of nitrogens with one attached hydrogen (secondary N) is 1. The van der Waals surface area contributed by atoms with Crippen molar-refractivity contribution in [2.75, 3.05) is 0 Å². The molecule has 0 heterocycles. The molecule has 0 spiro atoms. The third-order valence-corrected chi connectivity index (χ3v) is 6.18. The number of carbonyl (C=O) groups excluding carboxylic acids is 2. The fourth-order valence-electron chi connectivity index (χ4n) is 3.34. The Kier molecular flexibility index (Phi) is 9.76. The summed E-state index contributed by atoms with van der Waals surface area (Å²) in [5.74, 6) is 0.361. The Morgan fingerprint density at radius 2 is 1.68 bits per heavy atom. The predicted molar refractivity (Wildman–Crippen MR) is 131 cm³/mol. The van der Waals surface area contributed by atoms with Gasteiger partial charge in [0.2, 0.25) is 11.8 Å². The van der Waals surface area contributed by atoms with Gasteiger partial charge in [-0.2, -0.15) is 0 Å². The third kappa shape index (κ3) is 7.80. The summed E-state index contributed by atoms with van der Waals surface area (Å²) in [6, 6.07) is 15.9. The largest absolute Gasteiger partial charge is 0.352 e. The van der Waals surface area contributed by atoms with Crippen LogP contribution in [0, 0.1) is 0 Å². The van der Waals surface area contributed by atoms with Crippen molar-refractivity contribution in [2.45, 2.75) is 78.4 Å². The highest BCUT2D eigenvalue weighted by atomic mass is 79.9. The quantitative estimate of drug-likeness (QED) is 0.458. The van der Waals surface area contributed by atoms with Gasteiger partial charge in [0.05, 0.1) is 0 Å². The molecule has 0 bridgehead atoms. The first-order valence-corrected chi connectivity index (χ1v) is 11.9. The molecule has 0 unspecified atom stereocenters. The zero-order valence-electron chi connectivity index (χ0n) is 19.3. The van der Waals surface area contributed by atoms with E-state index in [1.807, 2.05) is 45.0 Å². The maximum atomic E-state index is 13.2. The molecule has 31 heavy (non-hydrogen) atoms. The summed E-state index contributed by atoms with van der Waals surface area (Å²) >= 11 is 3.49. The van der Waals surface area contributed by atoms with Crippen molar-refractivity contribution in [3.05, 3.63) is 69.7 Å². The molecule has 2 rings (SSSR count). The molecule has 4 nitrogen and oxygen atoms in total. The second-order valence-corrected chi connectivity index (χ2v) is 9.46. The van der Waals surface area contributed by atoms with Gasteiger partial charge in [-0.15, -0.1) is 0 Å². The van der Waals surface area contributed by atoms with E-state index in [0.29, 0.717) is 25.3 Å². The number of carbonyl (C=O) groups is 2. The third-order valence-electron chi connectivity index (χ3n) is 5.68. The number of hydrogen-bond acceptors (Lipinski definition) is 2. The Labute approximate surface area is 195 Å². The minimum atomic E-state index is -0.538.